The molecule has 0 radical (unpaired) electrons. The van der Waals surface area contributed by atoms with Gasteiger partial charge in [-0.1, -0.05) is 24.3 Å². The standard InChI is InChI=1S/C17H27N3O2/c1-17(8-5-9-22-17)13-20-16(18-2)19-11-14-6-4-7-15(10-14)12-21-3/h4,6-7,10H,5,8-9,11-13H2,1-3H3,(H2,18,19,20). The van der Waals surface area contributed by atoms with Gasteiger partial charge in [0.1, 0.15) is 0 Å². The van der Waals surface area contributed by atoms with Crippen LogP contribution in [0.4, 0.5) is 0 Å². The lowest BCUT2D eigenvalue weighted by molar-refractivity contribution is 0.0243. The van der Waals surface area contributed by atoms with Gasteiger partial charge in [-0.2, -0.15) is 0 Å². The molecule has 0 aliphatic carbocycles. The van der Waals surface area contributed by atoms with Crippen LogP contribution in [0.5, 0.6) is 0 Å². The van der Waals surface area contributed by atoms with E-state index in [9.17, 15) is 0 Å². The molecule has 0 amide bonds. The third-order valence-corrected chi connectivity index (χ3v) is 3.92. The van der Waals surface area contributed by atoms with Gasteiger partial charge < -0.3 is 20.1 Å². The molecule has 2 rings (SSSR count). The molecule has 1 aromatic carbocycles. The Morgan fingerprint density at radius 3 is 2.86 bits per heavy atom. The van der Waals surface area contributed by atoms with E-state index in [0.717, 1.165) is 38.5 Å². The molecule has 1 aromatic rings. The summed E-state index contributed by atoms with van der Waals surface area (Å²) in [5.41, 5.74) is 2.31. The minimum absolute atomic E-state index is 0.0734. The van der Waals surface area contributed by atoms with Crippen molar-refractivity contribution in [2.24, 2.45) is 4.99 Å². The number of methoxy groups -OCH3 is 1. The van der Waals surface area contributed by atoms with Crippen molar-refractivity contribution in [3.8, 4) is 0 Å². The van der Waals surface area contributed by atoms with Gasteiger partial charge in [0.25, 0.3) is 0 Å². The zero-order valence-electron chi connectivity index (χ0n) is 13.8. The van der Waals surface area contributed by atoms with Crippen molar-refractivity contribution in [2.75, 3.05) is 27.3 Å². The SMILES string of the molecule is CN=C(NCc1cccc(COC)c1)NCC1(C)CCCO1. The normalized spacial score (nSPS) is 21.9. The first kappa shape index (κ1) is 16.8. The second-order valence-corrected chi connectivity index (χ2v) is 5.93. The molecular formula is C17H27N3O2. The lowest BCUT2D eigenvalue weighted by Gasteiger charge is -2.24. The topological polar surface area (TPSA) is 54.9 Å². The third kappa shape index (κ3) is 5.00. The van der Waals surface area contributed by atoms with Crippen LogP contribution < -0.4 is 10.6 Å². The van der Waals surface area contributed by atoms with Crippen molar-refractivity contribution in [3.63, 3.8) is 0 Å². The second-order valence-electron chi connectivity index (χ2n) is 5.93. The van der Waals surface area contributed by atoms with Gasteiger partial charge >= 0.3 is 0 Å². The molecule has 5 heteroatoms. The molecular weight excluding hydrogens is 278 g/mol. The van der Waals surface area contributed by atoms with E-state index in [4.69, 9.17) is 9.47 Å². The highest BCUT2D eigenvalue weighted by atomic mass is 16.5. The highest BCUT2D eigenvalue weighted by Crippen LogP contribution is 2.23. The number of nitrogens with zero attached hydrogens (tertiary/aromatic N) is 1. The van der Waals surface area contributed by atoms with Gasteiger partial charge in [-0.25, -0.2) is 0 Å². The number of hydrogen-bond donors (Lipinski definition) is 2. The van der Waals surface area contributed by atoms with E-state index in [1.165, 1.54) is 11.1 Å². The van der Waals surface area contributed by atoms with Crippen LogP contribution in [0, 0.1) is 0 Å². The Morgan fingerprint density at radius 1 is 1.36 bits per heavy atom. The summed E-state index contributed by atoms with van der Waals surface area (Å²) >= 11 is 0. The smallest absolute Gasteiger partial charge is 0.191 e. The van der Waals surface area contributed by atoms with E-state index >= 15 is 0 Å². The molecule has 1 atom stereocenters. The molecule has 1 unspecified atom stereocenters. The van der Waals surface area contributed by atoms with E-state index in [1.807, 2.05) is 0 Å². The second kappa shape index (κ2) is 8.15. The summed E-state index contributed by atoms with van der Waals surface area (Å²) in [6, 6.07) is 8.36. The summed E-state index contributed by atoms with van der Waals surface area (Å²) in [6.07, 6.45) is 2.23. The van der Waals surface area contributed by atoms with Crippen LogP contribution in [-0.4, -0.2) is 38.9 Å². The van der Waals surface area contributed by atoms with Crippen LogP contribution in [0.2, 0.25) is 0 Å². The maximum Gasteiger partial charge on any atom is 0.191 e. The van der Waals surface area contributed by atoms with E-state index < -0.39 is 0 Å². The van der Waals surface area contributed by atoms with E-state index in [0.29, 0.717) is 6.61 Å². The number of guanidine groups is 1. The highest BCUT2D eigenvalue weighted by Gasteiger charge is 2.29. The fourth-order valence-corrected chi connectivity index (χ4v) is 2.65. The molecule has 1 aliphatic rings. The quantitative estimate of drug-likeness (QED) is 0.624. The number of hydrogen-bond acceptors (Lipinski definition) is 3. The number of rotatable bonds is 6. The molecule has 122 valence electrons. The van der Waals surface area contributed by atoms with Gasteiger partial charge in [0.15, 0.2) is 5.96 Å². The van der Waals surface area contributed by atoms with Crippen molar-refractivity contribution >= 4 is 5.96 Å². The first-order valence-corrected chi connectivity index (χ1v) is 7.80. The van der Waals surface area contributed by atoms with Crippen molar-refractivity contribution in [2.45, 2.75) is 38.5 Å². The molecule has 1 fully saturated rings. The third-order valence-electron chi connectivity index (χ3n) is 3.92. The Bertz CT molecular complexity index is 496. The zero-order chi connectivity index (χ0) is 15.8. The van der Waals surface area contributed by atoms with Crippen LogP contribution in [0.15, 0.2) is 29.3 Å². The van der Waals surface area contributed by atoms with E-state index in [1.54, 1.807) is 14.2 Å². The molecule has 22 heavy (non-hydrogen) atoms. The zero-order valence-corrected chi connectivity index (χ0v) is 13.8. The predicted molar refractivity (Wildman–Crippen MR) is 88.9 cm³/mol. The number of aliphatic imine (C=N–C) groups is 1. The predicted octanol–water partition coefficient (Wildman–Crippen LogP) is 2.07. The van der Waals surface area contributed by atoms with Crippen LogP contribution in [0.25, 0.3) is 0 Å². The Balaban J connectivity index is 1.82. The summed E-state index contributed by atoms with van der Waals surface area (Å²) in [6.45, 7) is 5.15. The lowest BCUT2D eigenvalue weighted by atomic mass is 10.0. The molecule has 0 spiro atoms. The van der Waals surface area contributed by atoms with Crippen molar-refractivity contribution in [3.05, 3.63) is 35.4 Å². The summed E-state index contributed by atoms with van der Waals surface area (Å²) in [5.74, 6) is 0.800. The summed E-state index contributed by atoms with van der Waals surface area (Å²) in [5, 5.41) is 6.69. The Labute approximate surface area is 133 Å². The summed E-state index contributed by atoms with van der Waals surface area (Å²) < 4.78 is 10.9. The maximum atomic E-state index is 5.78. The minimum Gasteiger partial charge on any atom is -0.380 e. The van der Waals surface area contributed by atoms with Gasteiger partial charge in [-0.05, 0) is 30.9 Å². The highest BCUT2D eigenvalue weighted by molar-refractivity contribution is 5.79. The molecule has 5 nitrogen and oxygen atoms in total. The largest absolute Gasteiger partial charge is 0.380 e. The van der Waals surface area contributed by atoms with Crippen LogP contribution in [0.3, 0.4) is 0 Å². The molecule has 2 N–H and O–H groups in total. The fraction of sp³-hybridized carbons (Fsp3) is 0.588. The van der Waals surface area contributed by atoms with Gasteiger partial charge in [0, 0.05) is 33.9 Å². The van der Waals surface area contributed by atoms with E-state index in [-0.39, 0.29) is 5.60 Å². The first-order valence-electron chi connectivity index (χ1n) is 7.80. The molecule has 1 aliphatic heterocycles. The van der Waals surface area contributed by atoms with Crippen molar-refractivity contribution in [1.29, 1.82) is 0 Å². The van der Waals surface area contributed by atoms with Crippen LogP contribution in [-0.2, 0) is 22.6 Å². The van der Waals surface area contributed by atoms with Gasteiger partial charge in [-0.15, -0.1) is 0 Å². The first-order chi connectivity index (χ1) is 10.6. The summed E-state index contributed by atoms with van der Waals surface area (Å²) in [7, 11) is 3.50. The number of ether oxygens (including phenoxy) is 2. The average Bonchev–Trinajstić information content (AvgIpc) is 2.95. The Kier molecular flexibility index (Phi) is 6.21. The van der Waals surface area contributed by atoms with Gasteiger partial charge in [0.05, 0.1) is 12.2 Å². The Hall–Kier alpha value is -1.59. The Morgan fingerprint density at radius 2 is 2.18 bits per heavy atom. The summed E-state index contributed by atoms with van der Waals surface area (Å²) in [4.78, 5) is 4.27. The maximum absolute atomic E-state index is 5.78. The van der Waals surface area contributed by atoms with Crippen molar-refractivity contribution < 1.29 is 9.47 Å². The van der Waals surface area contributed by atoms with E-state index in [2.05, 4.69) is 46.8 Å². The lowest BCUT2D eigenvalue weighted by Crippen LogP contribution is -2.45. The molecule has 0 aromatic heterocycles. The monoisotopic (exact) mass is 305 g/mol. The molecule has 1 saturated heterocycles. The molecule has 0 bridgehead atoms. The van der Waals surface area contributed by atoms with Gasteiger partial charge in [-0.3, -0.25) is 4.99 Å². The average molecular weight is 305 g/mol. The van der Waals surface area contributed by atoms with Gasteiger partial charge in [0.2, 0.25) is 0 Å². The molecule has 1 heterocycles. The minimum atomic E-state index is -0.0734. The fourth-order valence-electron chi connectivity index (χ4n) is 2.65. The van der Waals surface area contributed by atoms with Crippen LogP contribution in [0.1, 0.15) is 30.9 Å². The van der Waals surface area contributed by atoms with Crippen LogP contribution >= 0.6 is 0 Å². The van der Waals surface area contributed by atoms with Crippen molar-refractivity contribution in [1.82, 2.24) is 10.6 Å². The number of nitrogens with one attached hydrogen (secondary N) is 2. The number of benzene rings is 1. The molecule has 0 saturated carbocycles.